The molecular weight excluding hydrogens is 597 g/mol. The molecule has 13 heteroatoms. The van der Waals surface area contributed by atoms with Gasteiger partial charge in [-0.2, -0.15) is 9.97 Å². The first-order valence-corrected chi connectivity index (χ1v) is 16.3. The lowest BCUT2D eigenvalue weighted by Crippen LogP contribution is -2.51. The zero-order valence-corrected chi connectivity index (χ0v) is 25.3. The molecule has 2 bridgehead atoms. The molecule has 10 nitrogen and oxygen atoms in total. The average molecular weight is 633 g/mol. The molecule has 240 valence electrons. The maximum atomic E-state index is 16.9. The van der Waals surface area contributed by atoms with Gasteiger partial charge in [-0.25, -0.2) is 13.2 Å². The van der Waals surface area contributed by atoms with E-state index in [1.54, 1.807) is 18.3 Å². The topological polar surface area (TPSA) is 109 Å². The molecular formula is C33H35F3N8O2. The second-order valence-electron chi connectivity index (χ2n) is 13.7. The van der Waals surface area contributed by atoms with Gasteiger partial charge in [0.1, 0.15) is 35.6 Å². The van der Waals surface area contributed by atoms with Crippen LogP contribution in [0.2, 0.25) is 0 Å². The lowest BCUT2D eigenvalue weighted by atomic mass is 9.93. The number of halogens is 3. The van der Waals surface area contributed by atoms with E-state index in [4.69, 9.17) is 9.72 Å². The summed E-state index contributed by atoms with van der Waals surface area (Å²) < 4.78 is 53.0. The number of piperazine rings is 1. The summed E-state index contributed by atoms with van der Waals surface area (Å²) in [7, 11) is 0. The molecule has 46 heavy (non-hydrogen) atoms. The fraction of sp³-hybridized carbons (Fsp3) is 0.515. The van der Waals surface area contributed by atoms with Crippen LogP contribution in [0.4, 0.5) is 19.0 Å². The van der Waals surface area contributed by atoms with Gasteiger partial charge in [0.05, 0.1) is 23.5 Å². The van der Waals surface area contributed by atoms with Crippen LogP contribution in [-0.4, -0.2) is 99.8 Å². The Kier molecular flexibility index (Phi) is 6.55. The van der Waals surface area contributed by atoms with E-state index in [0.29, 0.717) is 61.5 Å². The minimum Gasteiger partial charge on any atom is -0.461 e. The molecule has 2 aromatic heterocycles. The predicted octanol–water partition coefficient (Wildman–Crippen LogP) is 2.90. The molecule has 0 radical (unpaired) electrons. The van der Waals surface area contributed by atoms with Crippen LogP contribution >= 0.6 is 0 Å². The van der Waals surface area contributed by atoms with Crippen LogP contribution in [0.25, 0.3) is 16.5 Å². The number of nitrogens with one attached hydrogen (secondary N) is 2. The number of pyridine rings is 1. The Morgan fingerprint density at radius 2 is 1.96 bits per heavy atom. The number of amides is 1. The van der Waals surface area contributed by atoms with Crippen molar-refractivity contribution in [1.29, 1.82) is 0 Å². The molecule has 1 amide bonds. The van der Waals surface area contributed by atoms with Gasteiger partial charge >= 0.3 is 6.01 Å². The highest BCUT2D eigenvalue weighted by Crippen LogP contribution is 2.41. The molecule has 0 aliphatic carbocycles. The number of rotatable bonds is 6. The number of hydrogen-bond acceptors (Lipinski definition) is 9. The molecule has 6 aliphatic heterocycles. The lowest BCUT2D eigenvalue weighted by Gasteiger charge is -2.34. The molecule has 5 saturated heterocycles. The Morgan fingerprint density at radius 3 is 2.76 bits per heavy atom. The molecule has 3 aromatic rings. The van der Waals surface area contributed by atoms with E-state index in [9.17, 15) is 9.18 Å². The molecule has 0 unspecified atom stereocenters. The highest BCUT2D eigenvalue weighted by molar-refractivity contribution is 5.95. The van der Waals surface area contributed by atoms with E-state index in [0.717, 1.165) is 32.2 Å². The Hall–Kier alpha value is -3.81. The molecule has 1 aromatic carbocycles. The van der Waals surface area contributed by atoms with Crippen LogP contribution in [0.15, 0.2) is 30.6 Å². The van der Waals surface area contributed by atoms with Crippen LogP contribution in [0.5, 0.6) is 6.01 Å². The Balaban J connectivity index is 1.15. The number of anilines is 1. The van der Waals surface area contributed by atoms with Crippen molar-refractivity contribution in [2.75, 3.05) is 44.2 Å². The van der Waals surface area contributed by atoms with Crippen molar-refractivity contribution < 1.29 is 22.7 Å². The van der Waals surface area contributed by atoms with Crippen molar-refractivity contribution in [2.45, 2.75) is 68.5 Å². The summed E-state index contributed by atoms with van der Waals surface area (Å²) >= 11 is 0. The summed E-state index contributed by atoms with van der Waals surface area (Å²) in [6.07, 6.45) is 6.42. The van der Waals surface area contributed by atoms with Gasteiger partial charge in [0, 0.05) is 68.2 Å². The molecule has 2 N–H and O–H groups in total. The first-order valence-electron chi connectivity index (χ1n) is 16.3. The van der Waals surface area contributed by atoms with E-state index >= 15 is 8.78 Å². The number of benzene rings is 1. The van der Waals surface area contributed by atoms with Crippen LogP contribution in [0, 0.1) is 11.6 Å². The molecule has 0 saturated carbocycles. The number of carbonyl (C=O) groups excluding carboxylic acids is 1. The van der Waals surface area contributed by atoms with Gasteiger partial charge in [0.25, 0.3) is 0 Å². The van der Waals surface area contributed by atoms with Crippen molar-refractivity contribution in [3.8, 4) is 6.01 Å². The number of ether oxygens (including phenoxy) is 1. The van der Waals surface area contributed by atoms with E-state index in [1.807, 2.05) is 0 Å². The minimum absolute atomic E-state index is 0.0116. The van der Waals surface area contributed by atoms with Gasteiger partial charge in [-0.05, 0) is 43.9 Å². The van der Waals surface area contributed by atoms with Crippen LogP contribution < -0.4 is 20.3 Å². The number of nitrogens with zero attached hydrogens (tertiary/aromatic N) is 6. The van der Waals surface area contributed by atoms with Crippen LogP contribution in [0.1, 0.15) is 48.9 Å². The van der Waals surface area contributed by atoms with Crippen LogP contribution in [-0.2, 0) is 11.3 Å². The van der Waals surface area contributed by atoms with Crippen molar-refractivity contribution in [2.24, 2.45) is 0 Å². The summed E-state index contributed by atoms with van der Waals surface area (Å²) in [5, 5.41) is 7.06. The monoisotopic (exact) mass is 632 g/mol. The zero-order valence-electron chi connectivity index (χ0n) is 25.3. The standard InChI is InChI=1S/C33H35F3N8O2/c34-19-9-33(7-2-8-44(33)13-19)17-46-32-40-29-22(30(41-32)42-14-20-5-6-21(15-42)39-20)10-38-28(27(29)36)23-16-43(31(45)25-11-37-25)12-18-3-1-4-24(35)26(18)23/h1,3-4,10,16,19-21,25,37,39H,2,5-9,11-15,17H2/t19-,20-,21+,25-,33+/m1/s1. The first-order chi connectivity index (χ1) is 22.3. The summed E-state index contributed by atoms with van der Waals surface area (Å²) in [5.74, 6) is -0.889. The zero-order chi connectivity index (χ0) is 31.2. The van der Waals surface area contributed by atoms with Gasteiger partial charge < -0.3 is 25.2 Å². The van der Waals surface area contributed by atoms with Gasteiger partial charge in [0.2, 0.25) is 5.91 Å². The maximum Gasteiger partial charge on any atom is 0.319 e. The number of aromatic nitrogens is 3. The second kappa shape index (κ2) is 10.6. The minimum atomic E-state index is -0.909. The fourth-order valence-corrected chi connectivity index (χ4v) is 8.34. The van der Waals surface area contributed by atoms with E-state index < -0.39 is 23.3 Å². The van der Waals surface area contributed by atoms with Crippen LogP contribution in [0.3, 0.4) is 0 Å². The molecule has 9 rings (SSSR count). The quantitative estimate of drug-likeness (QED) is 0.397. The maximum absolute atomic E-state index is 16.9. The van der Waals surface area contributed by atoms with Crippen molar-refractivity contribution in [3.05, 3.63) is 59.1 Å². The fourth-order valence-electron chi connectivity index (χ4n) is 8.34. The van der Waals surface area contributed by atoms with Gasteiger partial charge in [0.15, 0.2) is 5.82 Å². The smallest absolute Gasteiger partial charge is 0.319 e. The summed E-state index contributed by atoms with van der Waals surface area (Å²) in [6.45, 7) is 3.57. The molecule has 6 aliphatic rings. The Bertz CT molecular complexity index is 1770. The van der Waals surface area contributed by atoms with Gasteiger partial charge in [-0.15, -0.1) is 0 Å². The third-order valence-corrected chi connectivity index (χ3v) is 10.6. The molecule has 5 atom stereocenters. The average Bonchev–Trinajstić information content (AvgIpc) is 3.66. The molecule has 5 fully saturated rings. The van der Waals surface area contributed by atoms with Crippen molar-refractivity contribution in [3.63, 3.8) is 0 Å². The first kappa shape index (κ1) is 28.4. The summed E-state index contributed by atoms with van der Waals surface area (Å²) in [5.41, 5.74) is 0.447. The lowest BCUT2D eigenvalue weighted by molar-refractivity contribution is -0.128. The van der Waals surface area contributed by atoms with Gasteiger partial charge in [-0.3, -0.25) is 14.7 Å². The van der Waals surface area contributed by atoms with Crippen molar-refractivity contribution >= 4 is 28.2 Å². The molecule has 8 heterocycles. The third kappa shape index (κ3) is 4.65. The Morgan fingerprint density at radius 1 is 1.13 bits per heavy atom. The number of fused-ring (bicyclic) bond motifs is 5. The second-order valence-corrected chi connectivity index (χ2v) is 13.7. The third-order valence-electron chi connectivity index (χ3n) is 10.6. The SMILES string of the molecule is O=C([C@H]1CN1)N1C=C(c2ncc3c(N4C[C@H]5CC[C@@H](C4)N5)nc(OC[C@@]45CCCN4C[C@H](F)C5)nc3c2F)c2c(F)cccc2C1. The highest BCUT2D eigenvalue weighted by Gasteiger charge is 2.49. The normalized spacial score (nSPS) is 30.0. The number of alkyl halides is 1. The highest BCUT2D eigenvalue weighted by atomic mass is 19.1. The predicted molar refractivity (Wildman–Crippen MR) is 164 cm³/mol. The van der Waals surface area contributed by atoms with Crippen molar-refractivity contribution in [1.82, 2.24) is 35.4 Å². The van der Waals surface area contributed by atoms with Gasteiger partial charge in [-0.1, -0.05) is 12.1 Å². The van der Waals surface area contributed by atoms with E-state index in [1.165, 1.54) is 17.2 Å². The van der Waals surface area contributed by atoms with E-state index in [-0.39, 0.29) is 53.5 Å². The largest absolute Gasteiger partial charge is 0.461 e. The molecule has 0 spiro atoms. The Labute approximate surface area is 264 Å². The number of hydrogen-bond donors (Lipinski definition) is 2. The summed E-state index contributed by atoms with van der Waals surface area (Å²) in [6, 6.07) is 4.96. The summed E-state index contributed by atoms with van der Waals surface area (Å²) in [4.78, 5) is 32.8. The van der Waals surface area contributed by atoms with E-state index in [2.05, 4.69) is 30.4 Å². The number of carbonyl (C=O) groups is 1.